The molecule has 17 heavy (non-hydrogen) atoms. The van der Waals surface area contributed by atoms with Gasteiger partial charge in [-0.2, -0.15) is 0 Å². The molecule has 0 aliphatic rings. The van der Waals surface area contributed by atoms with Crippen molar-refractivity contribution in [2.45, 2.75) is 0 Å². The van der Waals surface area contributed by atoms with Crippen LogP contribution in [0.2, 0.25) is 0 Å². The first-order valence-electron chi connectivity index (χ1n) is 5.37. The lowest BCUT2D eigenvalue weighted by atomic mass is 10.1. The quantitative estimate of drug-likeness (QED) is 0.669. The van der Waals surface area contributed by atoms with Gasteiger partial charge >= 0.3 is 0 Å². The first-order valence-corrected chi connectivity index (χ1v) is 5.37. The number of aromatic nitrogens is 1. The van der Waals surface area contributed by atoms with Gasteiger partial charge in [0.05, 0.1) is 12.5 Å². The van der Waals surface area contributed by atoms with Gasteiger partial charge in [0.15, 0.2) is 5.58 Å². The third kappa shape index (κ3) is 1.65. The Labute approximate surface area is 98.6 Å². The van der Waals surface area contributed by atoms with Gasteiger partial charge in [-0.25, -0.2) is 0 Å². The predicted molar refractivity (Wildman–Crippen MR) is 66.0 cm³/mol. The Morgan fingerprint density at radius 1 is 1.06 bits per heavy atom. The molecular formula is C14H11NO2. The second-order valence-electron chi connectivity index (χ2n) is 3.76. The standard InChI is InChI=1S/C14H11NO2/c1-16-11-7-8-13-12(9-11)14(15-17-13)10-5-3-2-4-6-10/h2-9H,1H3. The van der Waals surface area contributed by atoms with Crippen LogP contribution in [0.15, 0.2) is 53.1 Å². The van der Waals surface area contributed by atoms with Gasteiger partial charge in [0.2, 0.25) is 0 Å². The molecule has 3 aromatic rings. The molecule has 0 atom stereocenters. The van der Waals surface area contributed by atoms with Crippen LogP contribution in [0.4, 0.5) is 0 Å². The summed E-state index contributed by atoms with van der Waals surface area (Å²) in [6.07, 6.45) is 0. The van der Waals surface area contributed by atoms with Crippen LogP contribution in [0, 0.1) is 0 Å². The Hall–Kier alpha value is -2.29. The van der Waals surface area contributed by atoms with Crippen molar-refractivity contribution in [2.24, 2.45) is 0 Å². The van der Waals surface area contributed by atoms with Gasteiger partial charge in [-0.15, -0.1) is 0 Å². The molecule has 2 aromatic carbocycles. The van der Waals surface area contributed by atoms with Crippen molar-refractivity contribution in [3.05, 3.63) is 48.5 Å². The number of fused-ring (bicyclic) bond motifs is 1. The Balaban J connectivity index is 2.23. The molecule has 0 unspecified atom stereocenters. The average molecular weight is 225 g/mol. The lowest BCUT2D eigenvalue weighted by molar-refractivity contribution is 0.415. The zero-order chi connectivity index (χ0) is 11.7. The summed E-state index contributed by atoms with van der Waals surface area (Å²) in [6.45, 7) is 0. The molecule has 0 amide bonds. The van der Waals surface area contributed by atoms with Crippen molar-refractivity contribution in [1.29, 1.82) is 0 Å². The SMILES string of the molecule is COc1ccc2onc(-c3ccccc3)c2c1. The summed E-state index contributed by atoms with van der Waals surface area (Å²) >= 11 is 0. The van der Waals surface area contributed by atoms with E-state index in [1.54, 1.807) is 7.11 Å². The molecule has 1 heterocycles. The third-order valence-electron chi connectivity index (χ3n) is 2.72. The summed E-state index contributed by atoms with van der Waals surface area (Å²) in [6, 6.07) is 15.6. The van der Waals surface area contributed by atoms with Crippen LogP contribution in [0.25, 0.3) is 22.2 Å². The molecule has 0 saturated heterocycles. The summed E-state index contributed by atoms with van der Waals surface area (Å²) in [4.78, 5) is 0. The van der Waals surface area contributed by atoms with Crippen molar-refractivity contribution in [1.82, 2.24) is 5.16 Å². The van der Waals surface area contributed by atoms with Crippen LogP contribution in [0.3, 0.4) is 0 Å². The molecule has 3 rings (SSSR count). The fraction of sp³-hybridized carbons (Fsp3) is 0.0714. The minimum Gasteiger partial charge on any atom is -0.497 e. The fourth-order valence-corrected chi connectivity index (χ4v) is 1.85. The van der Waals surface area contributed by atoms with Gasteiger partial charge in [0, 0.05) is 5.56 Å². The molecule has 0 fully saturated rings. The van der Waals surface area contributed by atoms with Gasteiger partial charge in [-0.05, 0) is 18.2 Å². The molecule has 0 aliphatic carbocycles. The van der Waals surface area contributed by atoms with E-state index in [0.29, 0.717) is 0 Å². The fourth-order valence-electron chi connectivity index (χ4n) is 1.85. The maximum Gasteiger partial charge on any atom is 0.167 e. The summed E-state index contributed by atoms with van der Waals surface area (Å²) in [7, 11) is 1.65. The maximum atomic E-state index is 5.30. The summed E-state index contributed by atoms with van der Waals surface area (Å²) in [5.74, 6) is 0.804. The molecule has 0 aliphatic heterocycles. The monoisotopic (exact) mass is 225 g/mol. The van der Waals surface area contributed by atoms with E-state index in [-0.39, 0.29) is 0 Å². The van der Waals surface area contributed by atoms with Crippen molar-refractivity contribution >= 4 is 11.0 Å². The molecule has 84 valence electrons. The first kappa shape index (κ1) is 9.90. The van der Waals surface area contributed by atoms with E-state index in [1.165, 1.54) is 0 Å². The van der Waals surface area contributed by atoms with Crippen LogP contribution in [0.5, 0.6) is 5.75 Å². The van der Waals surface area contributed by atoms with Crippen molar-refractivity contribution in [2.75, 3.05) is 7.11 Å². The van der Waals surface area contributed by atoms with Crippen molar-refractivity contribution < 1.29 is 9.26 Å². The summed E-state index contributed by atoms with van der Waals surface area (Å²) in [5.41, 5.74) is 2.66. The topological polar surface area (TPSA) is 35.3 Å². The smallest absolute Gasteiger partial charge is 0.167 e. The molecule has 0 saturated carbocycles. The number of methoxy groups -OCH3 is 1. The lowest BCUT2D eigenvalue weighted by Crippen LogP contribution is -1.82. The highest BCUT2D eigenvalue weighted by Crippen LogP contribution is 2.30. The van der Waals surface area contributed by atoms with Gasteiger partial charge in [0.1, 0.15) is 11.4 Å². The molecule has 0 bridgehead atoms. The Morgan fingerprint density at radius 2 is 1.88 bits per heavy atom. The Kier molecular flexibility index (Phi) is 2.29. The van der Waals surface area contributed by atoms with Crippen molar-refractivity contribution in [3.8, 4) is 17.0 Å². The zero-order valence-corrected chi connectivity index (χ0v) is 9.38. The number of ether oxygens (including phenoxy) is 1. The van der Waals surface area contributed by atoms with Crippen LogP contribution in [-0.4, -0.2) is 12.3 Å². The largest absolute Gasteiger partial charge is 0.497 e. The number of hydrogen-bond acceptors (Lipinski definition) is 3. The first-order chi connectivity index (χ1) is 8.38. The van der Waals surface area contributed by atoms with Crippen LogP contribution in [0.1, 0.15) is 0 Å². The number of hydrogen-bond donors (Lipinski definition) is 0. The minimum atomic E-state index is 0.768. The lowest BCUT2D eigenvalue weighted by Gasteiger charge is -1.99. The molecular weight excluding hydrogens is 214 g/mol. The molecule has 0 spiro atoms. The number of rotatable bonds is 2. The highest BCUT2D eigenvalue weighted by atomic mass is 16.5. The van der Waals surface area contributed by atoms with E-state index in [4.69, 9.17) is 9.26 Å². The van der Waals surface area contributed by atoms with Gasteiger partial charge in [-0.1, -0.05) is 35.5 Å². The second kappa shape index (κ2) is 3.94. The van der Waals surface area contributed by atoms with E-state index in [0.717, 1.165) is 28.0 Å². The second-order valence-corrected chi connectivity index (χ2v) is 3.76. The minimum absolute atomic E-state index is 0.768. The zero-order valence-electron chi connectivity index (χ0n) is 9.38. The summed E-state index contributed by atoms with van der Waals surface area (Å²) < 4.78 is 10.5. The molecule has 3 heteroatoms. The maximum absolute atomic E-state index is 5.30. The van der Waals surface area contributed by atoms with E-state index < -0.39 is 0 Å². The highest BCUT2D eigenvalue weighted by Gasteiger charge is 2.10. The van der Waals surface area contributed by atoms with Crippen LogP contribution < -0.4 is 4.74 Å². The van der Waals surface area contributed by atoms with Crippen molar-refractivity contribution in [3.63, 3.8) is 0 Å². The van der Waals surface area contributed by atoms with E-state index >= 15 is 0 Å². The van der Waals surface area contributed by atoms with E-state index in [9.17, 15) is 0 Å². The number of benzene rings is 2. The van der Waals surface area contributed by atoms with Crippen LogP contribution in [-0.2, 0) is 0 Å². The summed E-state index contributed by atoms with van der Waals surface area (Å²) in [5, 5.41) is 5.08. The molecule has 3 nitrogen and oxygen atoms in total. The molecule has 1 aromatic heterocycles. The Morgan fingerprint density at radius 3 is 2.65 bits per heavy atom. The van der Waals surface area contributed by atoms with Gasteiger partial charge in [-0.3, -0.25) is 0 Å². The van der Waals surface area contributed by atoms with E-state index in [2.05, 4.69) is 5.16 Å². The average Bonchev–Trinajstić information content (AvgIpc) is 2.82. The van der Waals surface area contributed by atoms with E-state index in [1.807, 2.05) is 48.5 Å². The highest BCUT2D eigenvalue weighted by molar-refractivity contribution is 5.92. The number of nitrogens with zero attached hydrogens (tertiary/aromatic N) is 1. The van der Waals surface area contributed by atoms with Crippen LogP contribution >= 0.6 is 0 Å². The molecule has 0 N–H and O–H groups in total. The van der Waals surface area contributed by atoms with Gasteiger partial charge in [0.25, 0.3) is 0 Å². The predicted octanol–water partition coefficient (Wildman–Crippen LogP) is 3.50. The molecule has 0 radical (unpaired) electrons. The normalized spacial score (nSPS) is 10.6. The van der Waals surface area contributed by atoms with Gasteiger partial charge < -0.3 is 9.26 Å². The third-order valence-corrected chi connectivity index (χ3v) is 2.72. The Bertz CT molecular complexity index is 644.